The number of piperidine rings is 1. The van der Waals surface area contributed by atoms with Gasteiger partial charge in [-0.3, -0.25) is 9.59 Å². The molecule has 3 rings (SSSR count). The smallest absolute Gasteiger partial charge is 0.286 e. The first kappa shape index (κ1) is 15.7. The average molecular weight is 334 g/mol. The summed E-state index contributed by atoms with van der Waals surface area (Å²) in [5.74, 6) is 0.514. The van der Waals surface area contributed by atoms with Crippen LogP contribution < -0.4 is 5.32 Å². The van der Waals surface area contributed by atoms with E-state index in [1.807, 2.05) is 4.90 Å². The van der Waals surface area contributed by atoms with Crippen molar-refractivity contribution >= 4 is 23.3 Å². The van der Waals surface area contributed by atoms with Crippen molar-refractivity contribution in [2.45, 2.75) is 19.8 Å². The fourth-order valence-corrected chi connectivity index (χ4v) is 3.27. The van der Waals surface area contributed by atoms with E-state index < -0.39 is 0 Å². The van der Waals surface area contributed by atoms with Crippen LogP contribution in [-0.4, -0.2) is 45.9 Å². The van der Waals surface area contributed by atoms with Crippen LogP contribution in [0.15, 0.2) is 22.8 Å². The van der Waals surface area contributed by atoms with E-state index in [4.69, 9.17) is 4.42 Å². The lowest BCUT2D eigenvalue weighted by Gasteiger charge is -2.31. The zero-order chi connectivity index (χ0) is 16.2. The van der Waals surface area contributed by atoms with E-state index in [1.165, 1.54) is 6.26 Å². The summed E-state index contributed by atoms with van der Waals surface area (Å²) in [5, 5.41) is 6.77. The van der Waals surface area contributed by atoms with Crippen molar-refractivity contribution in [1.29, 1.82) is 0 Å². The number of aryl methyl sites for hydroxylation is 1. The molecule has 1 aliphatic rings. The van der Waals surface area contributed by atoms with Crippen LogP contribution in [0, 0.1) is 12.8 Å². The largest absolute Gasteiger partial charge is 0.459 e. The highest BCUT2D eigenvalue weighted by atomic mass is 32.1. The van der Waals surface area contributed by atoms with Gasteiger partial charge >= 0.3 is 0 Å². The molecule has 1 aliphatic heterocycles. The lowest BCUT2D eigenvalue weighted by Crippen LogP contribution is -2.41. The Kier molecular flexibility index (Phi) is 4.71. The summed E-state index contributed by atoms with van der Waals surface area (Å²) in [6.45, 7) is 3.78. The lowest BCUT2D eigenvalue weighted by molar-refractivity contribution is 0.0687. The maximum Gasteiger partial charge on any atom is 0.286 e. The van der Waals surface area contributed by atoms with Crippen LogP contribution in [0.3, 0.4) is 0 Å². The van der Waals surface area contributed by atoms with E-state index in [1.54, 1.807) is 19.1 Å². The molecule has 3 heterocycles. The Labute approximate surface area is 137 Å². The van der Waals surface area contributed by atoms with Gasteiger partial charge in [-0.2, -0.15) is 0 Å². The van der Waals surface area contributed by atoms with Gasteiger partial charge in [0.25, 0.3) is 11.8 Å². The van der Waals surface area contributed by atoms with Gasteiger partial charge in [-0.15, -0.1) is 5.10 Å². The normalized spacial score (nSPS) is 15.6. The zero-order valence-electron chi connectivity index (χ0n) is 12.8. The maximum absolute atomic E-state index is 12.4. The predicted octanol–water partition coefficient (Wildman–Crippen LogP) is 1.72. The first-order chi connectivity index (χ1) is 11.1. The monoisotopic (exact) mass is 334 g/mol. The van der Waals surface area contributed by atoms with Crippen LogP contribution in [0.1, 0.15) is 38.8 Å². The van der Waals surface area contributed by atoms with E-state index in [0.29, 0.717) is 41.9 Å². The molecule has 2 aromatic rings. The summed E-state index contributed by atoms with van der Waals surface area (Å²) in [7, 11) is 0. The summed E-state index contributed by atoms with van der Waals surface area (Å²) >= 11 is 1.14. The second-order valence-corrected chi connectivity index (χ2v) is 6.36. The minimum absolute atomic E-state index is 0.00979. The number of nitrogens with zero attached hydrogens (tertiary/aromatic N) is 3. The van der Waals surface area contributed by atoms with Gasteiger partial charge in [0, 0.05) is 19.6 Å². The summed E-state index contributed by atoms with van der Waals surface area (Å²) in [6.07, 6.45) is 3.22. The van der Waals surface area contributed by atoms with E-state index in [2.05, 4.69) is 14.9 Å². The molecule has 0 atom stereocenters. The second kappa shape index (κ2) is 6.91. The summed E-state index contributed by atoms with van der Waals surface area (Å²) in [6, 6.07) is 3.33. The first-order valence-electron chi connectivity index (χ1n) is 7.55. The zero-order valence-corrected chi connectivity index (χ0v) is 13.6. The number of hydrogen-bond acceptors (Lipinski definition) is 6. The highest BCUT2D eigenvalue weighted by Gasteiger charge is 2.26. The van der Waals surface area contributed by atoms with Crippen molar-refractivity contribution in [3.63, 3.8) is 0 Å². The van der Waals surface area contributed by atoms with Crippen LogP contribution >= 0.6 is 11.5 Å². The Balaban J connectivity index is 1.46. The van der Waals surface area contributed by atoms with Crippen molar-refractivity contribution in [3.8, 4) is 0 Å². The molecule has 1 fully saturated rings. The highest BCUT2D eigenvalue weighted by molar-refractivity contribution is 7.07. The van der Waals surface area contributed by atoms with Gasteiger partial charge in [0.05, 0.1) is 12.0 Å². The van der Waals surface area contributed by atoms with Crippen molar-refractivity contribution in [1.82, 2.24) is 19.8 Å². The molecule has 0 aromatic carbocycles. The van der Waals surface area contributed by atoms with E-state index in [0.717, 1.165) is 24.4 Å². The molecule has 8 heteroatoms. The Morgan fingerprint density at radius 3 is 2.83 bits per heavy atom. The molecule has 0 radical (unpaired) electrons. The van der Waals surface area contributed by atoms with Gasteiger partial charge in [0.1, 0.15) is 4.88 Å². The van der Waals surface area contributed by atoms with Crippen LogP contribution in [0.25, 0.3) is 0 Å². The molecular formula is C15H18N4O3S. The Bertz CT molecular complexity index is 675. The van der Waals surface area contributed by atoms with Crippen LogP contribution in [0.2, 0.25) is 0 Å². The molecule has 0 bridgehead atoms. The first-order valence-corrected chi connectivity index (χ1v) is 8.32. The summed E-state index contributed by atoms with van der Waals surface area (Å²) < 4.78 is 8.87. The fourth-order valence-electron chi connectivity index (χ4n) is 2.64. The molecule has 0 spiro atoms. The Hall–Kier alpha value is -2.22. The molecule has 0 unspecified atom stereocenters. The van der Waals surface area contributed by atoms with Crippen LogP contribution in [0.5, 0.6) is 0 Å². The second-order valence-electron chi connectivity index (χ2n) is 5.61. The molecule has 0 saturated carbocycles. The Morgan fingerprint density at radius 2 is 2.22 bits per heavy atom. The third kappa shape index (κ3) is 3.58. The molecule has 2 aromatic heterocycles. The predicted molar refractivity (Wildman–Crippen MR) is 84.3 cm³/mol. The summed E-state index contributed by atoms with van der Waals surface area (Å²) in [5.41, 5.74) is 0.688. The van der Waals surface area contributed by atoms with Gasteiger partial charge in [-0.05, 0) is 49.3 Å². The molecule has 1 N–H and O–H groups in total. The molecule has 1 saturated heterocycles. The van der Waals surface area contributed by atoms with Crippen molar-refractivity contribution < 1.29 is 14.0 Å². The molecule has 7 nitrogen and oxygen atoms in total. The topological polar surface area (TPSA) is 88.3 Å². The number of likely N-dealkylation sites (tertiary alicyclic amines) is 1. The van der Waals surface area contributed by atoms with Gasteiger partial charge in [0.2, 0.25) is 0 Å². The number of hydrogen-bond donors (Lipinski definition) is 1. The number of carbonyl (C=O) groups is 2. The third-order valence-electron chi connectivity index (χ3n) is 4.04. The third-order valence-corrected chi connectivity index (χ3v) is 4.86. The number of carbonyl (C=O) groups excluding carboxylic acids is 2. The van der Waals surface area contributed by atoms with E-state index >= 15 is 0 Å². The lowest BCUT2D eigenvalue weighted by atomic mass is 9.96. The van der Waals surface area contributed by atoms with Gasteiger partial charge in [0.15, 0.2) is 5.76 Å². The number of furan rings is 1. The van der Waals surface area contributed by atoms with Crippen molar-refractivity contribution in [3.05, 3.63) is 34.7 Å². The van der Waals surface area contributed by atoms with Gasteiger partial charge in [-0.1, -0.05) is 4.49 Å². The minimum Gasteiger partial charge on any atom is -0.459 e. The molecule has 0 aliphatic carbocycles. The number of amides is 2. The summed E-state index contributed by atoms with van der Waals surface area (Å²) in [4.78, 5) is 26.7. The Morgan fingerprint density at radius 1 is 1.43 bits per heavy atom. The number of aromatic nitrogens is 2. The van der Waals surface area contributed by atoms with E-state index in [9.17, 15) is 9.59 Å². The SMILES string of the molecule is Cc1nnsc1C(=O)N1CCC(CNC(=O)c2ccco2)CC1. The fraction of sp³-hybridized carbons (Fsp3) is 0.467. The van der Waals surface area contributed by atoms with Gasteiger partial charge < -0.3 is 14.6 Å². The van der Waals surface area contributed by atoms with Gasteiger partial charge in [-0.25, -0.2) is 0 Å². The molecule has 2 amide bonds. The van der Waals surface area contributed by atoms with Crippen molar-refractivity contribution in [2.24, 2.45) is 5.92 Å². The van der Waals surface area contributed by atoms with Crippen LogP contribution in [-0.2, 0) is 0 Å². The quantitative estimate of drug-likeness (QED) is 0.920. The highest BCUT2D eigenvalue weighted by Crippen LogP contribution is 2.20. The standard InChI is InChI=1S/C15H18N4O3S/c1-10-13(23-18-17-10)15(21)19-6-4-11(5-7-19)9-16-14(20)12-3-2-8-22-12/h2-3,8,11H,4-7,9H2,1H3,(H,16,20). The minimum atomic E-state index is -0.195. The number of rotatable bonds is 4. The molecule has 23 heavy (non-hydrogen) atoms. The van der Waals surface area contributed by atoms with Crippen molar-refractivity contribution in [2.75, 3.05) is 19.6 Å². The van der Waals surface area contributed by atoms with E-state index in [-0.39, 0.29) is 11.8 Å². The molecule has 122 valence electrons. The maximum atomic E-state index is 12.4. The molecular weight excluding hydrogens is 316 g/mol. The average Bonchev–Trinajstić information content (AvgIpc) is 3.24. The number of nitrogens with one attached hydrogen (secondary N) is 1. The van der Waals surface area contributed by atoms with Crippen LogP contribution in [0.4, 0.5) is 0 Å².